The predicted octanol–water partition coefficient (Wildman–Crippen LogP) is 4.63. The van der Waals surface area contributed by atoms with Crippen molar-refractivity contribution in [3.8, 4) is 0 Å². The summed E-state index contributed by atoms with van der Waals surface area (Å²) >= 11 is 0. The van der Waals surface area contributed by atoms with Gasteiger partial charge in [-0.3, -0.25) is 4.79 Å². The molecule has 0 unspecified atom stereocenters. The molecule has 3 aromatic carbocycles. The summed E-state index contributed by atoms with van der Waals surface area (Å²) in [6, 6.07) is 25.7. The third-order valence-corrected chi connectivity index (χ3v) is 7.48. The first-order valence-electron chi connectivity index (χ1n) is 10.6. The lowest BCUT2D eigenvalue weighted by Gasteiger charge is -2.26. The van der Waals surface area contributed by atoms with Crippen molar-refractivity contribution in [1.82, 2.24) is 4.31 Å². The maximum atomic E-state index is 13.3. The van der Waals surface area contributed by atoms with Gasteiger partial charge in [-0.2, -0.15) is 4.31 Å². The van der Waals surface area contributed by atoms with Gasteiger partial charge in [-0.25, -0.2) is 8.42 Å². The molecule has 0 aliphatic carbocycles. The quantitative estimate of drug-likeness (QED) is 0.615. The van der Waals surface area contributed by atoms with E-state index in [0.717, 1.165) is 30.4 Å². The van der Waals surface area contributed by atoms with Crippen molar-refractivity contribution in [2.75, 3.05) is 18.4 Å². The zero-order valence-corrected chi connectivity index (χ0v) is 18.1. The van der Waals surface area contributed by atoms with Gasteiger partial charge in [0.1, 0.15) is 0 Å². The van der Waals surface area contributed by atoms with Gasteiger partial charge in [-0.05, 0) is 42.2 Å². The molecule has 1 heterocycles. The normalized spacial score (nSPS) is 15.0. The van der Waals surface area contributed by atoms with Crippen LogP contribution in [0.15, 0.2) is 89.8 Å². The molecule has 1 saturated heterocycles. The number of nitrogens with one attached hydrogen (secondary N) is 1. The number of amides is 1. The van der Waals surface area contributed by atoms with Gasteiger partial charge in [-0.15, -0.1) is 0 Å². The predicted molar refractivity (Wildman–Crippen MR) is 122 cm³/mol. The van der Waals surface area contributed by atoms with Crippen LogP contribution in [0.1, 0.15) is 36.3 Å². The van der Waals surface area contributed by atoms with Crippen molar-refractivity contribution >= 4 is 21.6 Å². The lowest BCUT2D eigenvalue weighted by molar-refractivity contribution is -0.116. The van der Waals surface area contributed by atoms with E-state index < -0.39 is 15.9 Å². The molecular weight excluding hydrogens is 408 g/mol. The van der Waals surface area contributed by atoms with Crippen LogP contribution in [0.3, 0.4) is 0 Å². The summed E-state index contributed by atoms with van der Waals surface area (Å²) in [5, 5.41) is 2.93. The Balaban J connectivity index is 1.60. The topological polar surface area (TPSA) is 66.5 Å². The van der Waals surface area contributed by atoms with E-state index in [1.165, 1.54) is 4.31 Å². The van der Waals surface area contributed by atoms with Gasteiger partial charge in [0.25, 0.3) is 0 Å². The molecule has 0 bridgehead atoms. The van der Waals surface area contributed by atoms with E-state index >= 15 is 0 Å². The number of hydrogen-bond acceptors (Lipinski definition) is 3. The highest BCUT2D eigenvalue weighted by Crippen LogP contribution is 2.28. The number of benzene rings is 3. The van der Waals surface area contributed by atoms with Crippen molar-refractivity contribution in [1.29, 1.82) is 0 Å². The van der Waals surface area contributed by atoms with Crippen molar-refractivity contribution in [2.24, 2.45) is 0 Å². The number of hydrogen-bond donors (Lipinski definition) is 1. The van der Waals surface area contributed by atoms with Gasteiger partial charge in [0, 0.05) is 18.8 Å². The highest BCUT2D eigenvalue weighted by molar-refractivity contribution is 7.89. The minimum absolute atomic E-state index is 0.204. The van der Waals surface area contributed by atoms with Crippen LogP contribution in [0.5, 0.6) is 0 Å². The molecule has 1 N–H and O–H groups in total. The first-order chi connectivity index (χ1) is 15.1. The van der Waals surface area contributed by atoms with E-state index in [1.54, 1.807) is 24.3 Å². The van der Waals surface area contributed by atoms with E-state index in [-0.39, 0.29) is 10.8 Å². The minimum Gasteiger partial charge on any atom is -0.325 e. The number of carbonyl (C=O) groups is 1. The Labute approximate surface area is 183 Å². The molecule has 4 rings (SSSR count). The summed E-state index contributed by atoms with van der Waals surface area (Å²) in [4.78, 5) is 13.5. The van der Waals surface area contributed by atoms with Crippen LogP contribution >= 0.6 is 0 Å². The SMILES string of the molecule is O=C(Nc1cccc(S(=O)(=O)N2CCCCC2)c1)C(c1ccccc1)c1ccccc1. The van der Waals surface area contributed by atoms with Gasteiger partial charge in [0.2, 0.25) is 15.9 Å². The minimum atomic E-state index is -3.56. The Morgan fingerprint density at radius 3 is 1.94 bits per heavy atom. The third kappa shape index (κ3) is 4.86. The molecular formula is C25H26N2O3S. The molecule has 1 fully saturated rings. The van der Waals surface area contributed by atoms with E-state index in [2.05, 4.69) is 5.32 Å². The second-order valence-electron chi connectivity index (χ2n) is 7.74. The van der Waals surface area contributed by atoms with E-state index in [4.69, 9.17) is 0 Å². The van der Waals surface area contributed by atoms with Crippen molar-refractivity contribution in [2.45, 2.75) is 30.1 Å². The second kappa shape index (κ2) is 9.45. The molecule has 0 radical (unpaired) electrons. The molecule has 31 heavy (non-hydrogen) atoms. The van der Waals surface area contributed by atoms with Crippen LogP contribution in [0, 0.1) is 0 Å². The van der Waals surface area contributed by atoms with Gasteiger partial charge < -0.3 is 5.32 Å². The van der Waals surface area contributed by atoms with Crippen molar-refractivity contribution in [3.05, 3.63) is 96.1 Å². The fourth-order valence-electron chi connectivity index (χ4n) is 3.99. The fraction of sp³-hybridized carbons (Fsp3) is 0.240. The number of nitrogens with zero attached hydrogens (tertiary/aromatic N) is 1. The van der Waals surface area contributed by atoms with Crippen molar-refractivity contribution in [3.63, 3.8) is 0 Å². The number of anilines is 1. The van der Waals surface area contributed by atoms with Gasteiger partial charge >= 0.3 is 0 Å². The maximum absolute atomic E-state index is 13.3. The molecule has 5 nitrogen and oxygen atoms in total. The lowest BCUT2D eigenvalue weighted by Crippen LogP contribution is -2.35. The lowest BCUT2D eigenvalue weighted by atomic mass is 9.90. The molecule has 6 heteroatoms. The van der Waals surface area contributed by atoms with Crippen molar-refractivity contribution < 1.29 is 13.2 Å². The third-order valence-electron chi connectivity index (χ3n) is 5.58. The monoisotopic (exact) mass is 434 g/mol. The zero-order chi connectivity index (χ0) is 21.7. The summed E-state index contributed by atoms with van der Waals surface area (Å²) in [6.07, 6.45) is 2.82. The Hall–Kier alpha value is -2.96. The molecule has 0 aromatic heterocycles. The molecule has 3 aromatic rings. The van der Waals surface area contributed by atoms with E-state index in [0.29, 0.717) is 18.8 Å². The largest absolute Gasteiger partial charge is 0.325 e. The maximum Gasteiger partial charge on any atom is 0.243 e. The molecule has 0 spiro atoms. The van der Waals surface area contributed by atoms with Crippen LogP contribution in [-0.4, -0.2) is 31.7 Å². The van der Waals surface area contributed by atoms with E-state index in [1.807, 2.05) is 60.7 Å². The standard InChI is InChI=1S/C25H26N2O3S/c28-25(24(20-11-4-1-5-12-20)21-13-6-2-7-14-21)26-22-15-10-16-23(19-22)31(29,30)27-17-8-3-9-18-27/h1-2,4-7,10-16,19,24H,3,8-9,17-18H2,(H,26,28). The molecule has 1 amide bonds. The average molecular weight is 435 g/mol. The number of piperidine rings is 1. The average Bonchev–Trinajstić information content (AvgIpc) is 2.81. The molecule has 0 saturated carbocycles. The highest BCUT2D eigenvalue weighted by atomic mass is 32.2. The Bertz CT molecular complexity index is 1090. The second-order valence-corrected chi connectivity index (χ2v) is 9.67. The van der Waals surface area contributed by atoms with Gasteiger partial charge in [-0.1, -0.05) is 73.2 Å². The Morgan fingerprint density at radius 2 is 1.35 bits per heavy atom. The zero-order valence-electron chi connectivity index (χ0n) is 17.3. The summed E-state index contributed by atoms with van der Waals surface area (Å²) in [6.45, 7) is 1.09. The first-order valence-corrected chi connectivity index (χ1v) is 12.0. The van der Waals surface area contributed by atoms with Crippen LogP contribution < -0.4 is 5.32 Å². The number of carbonyl (C=O) groups excluding carboxylic acids is 1. The fourth-order valence-corrected chi connectivity index (χ4v) is 5.55. The number of rotatable bonds is 6. The smallest absolute Gasteiger partial charge is 0.243 e. The molecule has 160 valence electrons. The summed E-state index contributed by atoms with van der Waals surface area (Å²) in [5.74, 6) is -0.699. The van der Waals surface area contributed by atoms with Crippen LogP contribution in [0.4, 0.5) is 5.69 Å². The highest BCUT2D eigenvalue weighted by Gasteiger charge is 2.27. The summed E-state index contributed by atoms with van der Waals surface area (Å²) in [7, 11) is -3.56. The van der Waals surface area contributed by atoms with E-state index in [9.17, 15) is 13.2 Å². The summed E-state index contributed by atoms with van der Waals surface area (Å²) < 4.78 is 27.6. The Kier molecular flexibility index (Phi) is 6.49. The van der Waals surface area contributed by atoms with Gasteiger partial charge in [0.15, 0.2) is 0 Å². The van der Waals surface area contributed by atoms with Crippen LogP contribution in [-0.2, 0) is 14.8 Å². The van der Waals surface area contributed by atoms with Gasteiger partial charge in [0.05, 0.1) is 10.8 Å². The molecule has 1 aliphatic rings. The molecule has 0 atom stereocenters. The van der Waals surface area contributed by atoms with Crippen LogP contribution in [0.2, 0.25) is 0 Å². The number of sulfonamides is 1. The van der Waals surface area contributed by atoms with Crippen LogP contribution in [0.25, 0.3) is 0 Å². The summed E-state index contributed by atoms with van der Waals surface area (Å²) in [5.41, 5.74) is 2.23. The molecule has 1 aliphatic heterocycles. The Morgan fingerprint density at radius 1 is 0.774 bits per heavy atom. The first kappa shape index (κ1) is 21.3.